The van der Waals surface area contributed by atoms with Crippen molar-refractivity contribution in [2.24, 2.45) is 12.9 Å². The van der Waals surface area contributed by atoms with Crippen molar-refractivity contribution in [3.05, 3.63) is 46.5 Å². The number of hydrogen-bond acceptors (Lipinski definition) is 5. The number of rotatable bonds is 4. The maximum absolute atomic E-state index is 5.64. The maximum Gasteiger partial charge on any atom is 0.0795 e. The average molecular weight is 273 g/mol. The van der Waals surface area contributed by atoms with Crippen LogP contribution in [0, 0.1) is 0 Å². The molecule has 0 amide bonds. The molecule has 2 aromatic heterocycles. The molecule has 3 aromatic rings. The van der Waals surface area contributed by atoms with Crippen LogP contribution in [0.5, 0.6) is 0 Å². The number of aryl methyl sites for hydroxylation is 1. The molecule has 6 heteroatoms. The lowest BCUT2D eigenvalue weighted by Crippen LogP contribution is -2.30. The Hall–Kier alpha value is -1.76. The minimum atomic E-state index is -0.00967. The van der Waals surface area contributed by atoms with Crippen molar-refractivity contribution in [1.82, 2.24) is 20.2 Å². The van der Waals surface area contributed by atoms with Crippen molar-refractivity contribution in [2.45, 2.75) is 12.5 Å². The van der Waals surface area contributed by atoms with Gasteiger partial charge in [-0.3, -0.25) is 16.0 Å². The summed E-state index contributed by atoms with van der Waals surface area (Å²) in [4.78, 5) is 4.31. The smallest absolute Gasteiger partial charge is 0.0795 e. The van der Waals surface area contributed by atoms with Crippen molar-refractivity contribution < 1.29 is 0 Å². The van der Waals surface area contributed by atoms with Crippen LogP contribution in [0.15, 0.2) is 35.2 Å². The molecule has 98 valence electrons. The Balaban J connectivity index is 1.97. The summed E-state index contributed by atoms with van der Waals surface area (Å²) < 4.78 is 1.90. The number of nitrogens with two attached hydrogens (primary N) is 1. The van der Waals surface area contributed by atoms with Crippen LogP contribution in [0.2, 0.25) is 0 Å². The Bertz CT molecular complexity index is 673. The predicted molar refractivity (Wildman–Crippen MR) is 76.6 cm³/mol. The summed E-state index contributed by atoms with van der Waals surface area (Å²) in [6, 6.07) is 8.20. The highest BCUT2D eigenvalue weighted by Gasteiger charge is 2.16. The van der Waals surface area contributed by atoms with E-state index in [1.807, 2.05) is 34.8 Å². The SMILES string of the molecule is Cn1nc(CC(NN)c2cscn2)c2ccccc21. The van der Waals surface area contributed by atoms with Crippen LogP contribution >= 0.6 is 11.3 Å². The van der Waals surface area contributed by atoms with Crippen molar-refractivity contribution in [3.63, 3.8) is 0 Å². The topological polar surface area (TPSA) is 68.8 Å². The van der Waals surface area contributed by atoms with Gasteiger partial charge in [0.1, 0.15) is 0 Å². The largest absolute Gasteiger partial charge is 0.271 e. The number of para-hydroxylation sites is 1. The summed E-state index contributed by atoms with van der Waals surface area (Å²) in [7, 11) is 1.96. The number of fused-ring (bicyclic) bond motifs is 1. The van der Waals surface area contributed by atoms with E-state index in [2.05, 4.69) is 27.6 Å². The normalized spacial score (nSPS) is 12.9. The van der Waals surface area contributed by atoms with E-state index in [0.717, 1.165) is 23.3 Å². The third-order valence-electron chi connectivity index (χ3n) is 3.24. The van der Waals surface area contributed by atoms with Crippen LogP contribution in [-0.2, 0) is 13.5 Å². The minimum Gasteiger partial charge on any atom is -0.271 e. The first kappa shape index (κ1) is 12.3. The average Bonchev–Trinajstić information content (AvgIpc) is 3.06. The third kappa shape index (κ3) is 2.25. The second-order valence-corrected chi connectivity index (χ2v) is 5.14. The van der Waals surface area contributed by atoms with Crippen molar-refractivity contribution >= 4 is 22.2 Å². The highest BCUT2D eigenvalue weighted by atomic mass is 32.1. The molecule has 0 bridgehead atoms. The third-order valence-corrected chi connectivity index (χ3v) is 3.85. The summed E-state index contributed by atoms with van der Waals surface area (Å²) in [5.41, 5.74) is 7.77. The lowest BCUT2D eigenvalue weighted by atomic mass is 10.1. The standard InChI is InChI=1S/C13H15N5S/c1-18-13-5-3-2-4-9(13)10(17-18)6-11(16-14)12-7-19-8-15-12/h2-5,7-8,11,16H,6,14H2,1H3. The number of nitrogens with one attached hydrogen (secondary N) is 1. The van der Waals surface area contributed by atoms with Gasteiger partial charge in [-0.15, -0.1) is 11.3 Å². The fourth-order valence-electron chi connectivity index (χ4n) is 2.28. The van der Waals surface area contributed by atoms with Gasteiger partial charge in [-0.2, -0.15) is 5.10 Å². The number of nitrogens with zero attached hydrogens (tertiary/aromatic N) is 3. The van der Waals surface area contributed by atoms with Crippen LogP contribution < -0.4 is 11.3 Å². The van der Waals surface area contributed by atoms with E-state index in [-0.39, 0.29) is 6.04 Å². The van der Waals surface area contributed by atoms with Gasteiger partial charge < -0.3 is 0 Å². The molecule has 0 aliphatic heterocycles. The molecule has 19 heavy (non-hydrogen) atoms. The number of hydrogen-bond donors (Lipinski definition) is 2. The van der Waals surface area contributed by atoms with Crippen LogP contribution in [0.25, 0.3) is 10.9 Å². The fourth-order valence-corrected chi connectivity index (χ4v) is 2.88. The second kappa shape index (κ2) is 5.08. The van der Waals surface area contributed by atoms with Gasteiger partial charge in [0.25, 0.3) is 0 Å². The van der Waals surface area contributed by atoms with Crippen molar-refractivity contribution in [1.29, 1.82) is 0 Å². The van der Waals surface area contributed by atoms with Gasteiger partial charge in [0, 0.05) is 24.2 Å². The summed E-state index contributed by atoms with van der Waals surface area (Å²) in [6.45, 7) is 0. The lowest BCUT2D eigenvalue weighted by molar-refractivity contribution is 0.533. The quantitative estimate of drug-likeness (QED) is 0.561. The van der Waals surface area contributed by atoms with Crippen molar-refractivity contribution in [3.8, 4) is 0 Å². The first-order chi connectivity index (χ1) is 9.29. The Morgan fingerprint density at radius 1 is 1.42 bits per heavy atom. The van der Waals surface area contributed by atoms with E-state index in [4.69, 9.17) is 5.84 Å². The molecule has 0 aliphatic carbocycles. The highest BCUT2D eigenvalue weighted by Crippen LogP contribution is 2.23. The highest BCUT2D eigenvalue weighted by molar-refractivity contribution is 7.07. The van der Waals surface area contributed by atoms with Gasteiger partial charge in [-0.05, 0) is 6.07 Å². The monoisotopic (exact) mass is 273 g/mol. The van der Waals surface area contributed by atoms with Crippen LogP contribution in [-0.4, -0.2) is 14.8 Å². The molecule has 0 saturated carbocycles. The van der Waals surface area contributed by atoms with E-state index >= 15 is 0 Å². The van der Waals surface area contributed by atoms with Crippen molar-refractivity contribution in [2.75, 3.05) is 0 Å². The zero-order valence-corrected chi connectivity index (χ0v) is 11.4. The molecule has 0 saturated heterocycles. The zero-order valence-electron chi connectivity index (χ0n) is 10.6. The minimum absolute atomic E-state index is 0.00967. The fraction of sp³-hybridized carbons (Fsp3) is 0.231. The molecular weight excluding hydrogens is 258 g/mol. The van der Waals surface area contributed by atoms with E-state index in [1.165, 1.54) is 5.39 Å². The first-order valence-electron chi connectivity index (χ1n) is 6.04. The molecule has 0 fully saturated rings. The van der Waals surface area contributed by atoms with E-state index < -0.39 is 0 Å². The molecule has 0 aliphatic rings. The number of benzene rings is 1. The molecule has 1 atom stereocenters. The van der Waals surface area contributed by atoms with Crippen LogP contribution in [0.4, 0.5) is 0 Å². The first-order valence-corrected chi connectivity index (χ1v) is 6.98. The molecule has 5 nitrogen and oxygen atoms in total. The molecule has 0 radical (unpaired) electrons. The van der Waals surface area contributed by atoms with Gasteiger partial charge in [0.05, 0.1) is 28.5 Å². The zero-order chi connectivity index (χ0) is 13.2. The molecule has 1 aromatic carbocycles. The molecular formula is C13H15N5S. The van der Waals surface area contributed by atoms with Gasteiger partial charge in [-0.1, -0.05) is 18.2 Å². The number of aromatic nitrogens is 3. The molecule has 3 rings (SSSR count). The lowest BCUT2D eigenvalue weighted by Gasteiger charge is -2.11. The Kier molecular flexibility index (Phi) is 3.29. The van der Waals surface area contributed by atoms with E-state index in [1.54, 1.807) is 11.3 Å². The Morgan fingerprint density at radius 2 is 2.26 bits per heavy atom. The Labute approximate surface area is 115 Å². The predicted octanol–water partition coefficient (Wildman–Crippen LogP) is 1.78. The second-order valence-electron chi connectivity index (χ2n) is 4.42. The van der Waals surface area contributed by atoms with E-state index in [9.17, 15) is 0 Å². The summed E-state index contributed by atoms with van der Waals surface area (Å²) in [6.07, 6.45) is 0.724. The summed E-state index contributed by atoms with van der Waals surface area (Å²) in [5.74, 6) is 5.64. The van der Waals surface area contributed by atoms with E-state index in [0.29, 0.717) is 0 Å². The van der Waals surface area contributed by atoms with Gasteiger partial charge in [0.15, 0.2) is 0 Å². The van der Waals surface area contributed by atoms with Gasteiger partial charge >= 0.3 is 0 Å². The molecule has 2 heterocycles. The van der Waals surface area contributed by atoms with Crippen LogP contribution in [0.1, 0.15) is 17.4 Å². The van der Waals surface area contributed by atoms with Gasteiger partial charge in [0.2, 0.25) is 0 Å². The Morgan fingerprint density at radius 3 is 3.00 bits per heavy atom. The molecule has 0 spiro atoms. The number of hydrazine groups is 1. The maximum atomic E-state index is 5.64. The summed E-state index contributed by atoms with van der Waals surface area (Å²) >= 11 is 1.57. The number of thiazole rings is 1. The molecule has 1 unspecified atom stereocenters. The summed E-state index contributed by atoms with van der Waals surface area (Å²) in [5, 5.41) is 7.76. The van der Waals surface area contributed by atoms with Crippen LogP contribution in [0.3, 0.4) is 0 Å². The van der Waals surface area contributed by atoms with Gasteiger partial charge in [-0.25, -0.2) is 4.98 Å². The molecule has 3 N–H and O–H groups in total.